The van der Waals surface area contributed by atoms with Gasteiger partial charge >= 0.3 is 0 Å². The van der Waals surface area contributed by atoms with Crippen LogP contribution in [0.5, 0.6) is 0 Å². The standard InChI is InChI=1S/C11H16.C10H20N2O.C9H17NO.CH4/c1-9-7-5-6-8-10(9)11(2,3)4;1-10(2,3)12-7-5-4-6-8(12)9(11)13;1-9(2,3)7-4-5-8(11)10-6-7;/h5-8H,1-4H3;8H,4-7H2,1-3H3,(H2,11,13);7H,4-6H2,1-3H3,(H,10,11);1H4. The fraction of sp³-hybridized carbons (Fsp3) is 0.742. The van der Waals surface area contributed by atoms with Gasteiger partial charge in [0.2, 0.25) is 11.8 Å². The summed E-state index contributed by atoms with van der Waals surface area (Å²) in [5, 5.41) is 2.90. The number of carbonyl (C=O) groups is 2. The third kappa shape index (κ3) is 11.5. The molecule has 0 saturated carbocycles. The van der Waals surface area contributed by atoms with Crippen molar-refractivity contribution < 1.29 is 9.59 Å². The van der Waals surface area contributed by atoms with Crippen LogP contribution >= 0.6 is 0 Å². The van der Waals surface area contributed by atoms with E-state index in [2.05, 4.69) is 104 Å². The molecule has 0 bridgehead atoms. The van der Waals surface area contributed by atoms with Crippen LogP contribution in [-0.4, -0.2) is 41.4 Å². The van der Waals surface area contributed by atoms with Crippen LogP contribution in [0, 0.1) is 18.3 Å². The Kier molecular flexibility index (Phi) is 13.4. The molecule has 5 nitrogen and oxygen atoms in total. The zero-order valence-electron chi connectivity index (χ0n) is 24.3. The summed E-state index contributed by atoms with van der Waals surface area (Å²) in [7, 11) is 0. The molecule has 5 heteroatoms. The van der Waals surface area contributed by atoms with Crippen LogP contribution in [0.1, 0.15) is 113 Å². The van der Waals surface area contributed by atoms with Gasteiger partial charge in [-0.2, -0.15) is 0 Å². The van der Waals surface area contributed by atoms with Gasteiger partial charge in [0.15, 0.2) is 0 Å². The Morgan fingerprint density at radius 2 is 1.56 bits per heavy atom. The molecule has 2 unspecified atom stereocenters. The Hall–Kier alpha value is -1.88. The van der Waals surface area contributed by atoms with Crippen LogP contribution in [0.25, 0.3) is 0 Å². The molecule has 2 aliphatic heterocycles. The maximum Gasteiger partial charge on any atom is 0.234 e. The minimum atomic E-state index is -0.172. The third-order valence-electron chi connectivity index (χ3n) is 7.14. The van der Waals surface area contributed by atoms with E-state index in [0.29, 0.717) is 17.8 Å². The summed E-state index contributed by atoms with van der Waals surface area (Å²) < 4.78 is 0. The van der Waals surface area contributed by atoms with Crippen LogP contribution in [-0.2, 0) is 15.0 Å². The highest BCUT2D eigenvalue weighted by Gasteiger charge is 2.34. The zero-order chi connectivity index (χ0) is 27.0. The number of nitrogens with one attached hydrogen (secondary N) is 1. The number of carbonyl (C=O) groups excluding carboxylic acids is 2. The van der Waals surface area contributed by atoms with Crippen molar-refractivity contribution in [3.63, 3.8) is 0 Å². The molecular weight excluding hydrogens is 446 g/mol. The Labute approximate surface area is 223 Å². The van der Waals surface area contributed by atoms with Gasteiger partial charge in [0.05, 0.1) is 6.04 Å². The van der Waals surface area contributed by atoms with Crippen molar-refractivity contribution >= 4 is 11.8 Å². The van der Waals surface area contributed by atoms with E-state index in [9.17, 15) is 9.59 Å². The molecule has 0 aromatic heterocycles. The lowest BCUT2D eigenvalue weighted by atomic mass is 9.77. The predicted octanol–water partition coefficient (Wildman–Crippen LogP) is 6.61. The van der Waals surface area contributed by atoms with Gasteiger partial charge in [-0.25, -0.2) is 0 Å². The first-order chi connectivity index (χ1) is 15.9. The van der Waals surface area contributed by atoms with Crippen molar-refractivity contribution in [3.05, 3.63) is 35.4 Å². The van der Waals surface area contributed by atoms with E-state index < -0.39 is 0 Å². The molecule has 0 aliphatic carbocycles. The third-order valence-corrected chi connectivity index (χ3v) is 7.14. The molecule has 2 saturated heterocycles. The molecule has 0 radical (unpaired) electrons. The van der Waals surface area contributed by atoms with Crippen molar-refractivity contribution in [1.82, 2.24) is 10.2 Å². The molecule has 2 atom stereocenters. The summed E-state index contributed by atoms with van der Waals surface area (Å²) in [6, 6.07) is 8.52. The molecule has 3 N–H and O–H groups in total. The first-order valence-corrected chi connectivity index (χ1v) is 13.3. The SMILES string of the molecule is C.CC(C)(C)C1CCC(=O)NC1.CC(C)(C)N1CCCCC1C(N)=O.Cc1ccccc1C(C)(C)C. The molecule has 2 aliphatic rings. The number of benzene rings is 1. The van der Waals surface area contributed by atoms with Crippen molar-refractivity contribution in [1.29, 1.82) is 0 Å². The van der Waals surface area contributed by atoms with E-state index >= 15 is 0 Å². The lowest BCUT2D eigenvalue weighted by molar-refractivity contribution is -0.127. The topological polar surface area (TPSA) is 75.4 Å². The molecule has 2 amide bonds. The van der Waals surface area contributed by atoms with Gasteiger partial charge in [0, 0.05) is 18.5 Å². The van der Waals surface area contributed by atoms with E-state index in [0.717, 1.165) is 32.4 Å². The summed E-state index contributed by atoms with van der Waals surface area (Å²) in [6.45, 7) is 23.9. The average molecular weight is 504 g/mol. The number of hydrogen-bond donors (Lipinski definition) is 2. The van der Waals surface area contributed by atoms with Crippen LogP contribution < -0.4 is 11.1 Å². The van der Waals surface area contributed by atoms with E-state index in [1.54, 1.807) is 0 Å². The highest BCUT2D eigenvalue weighted by Crippen LogP contribution is 2.30. The van der Waals surface area contributed by atoms with Crippen molar-refractivity contribution in [3.8, 4) is 0 Å². The van der Waals surface area contributed by atoms with Gasteiger partial charge in [-0.05, 0) is 81.4 Å². The van der Waals surface area contributed by atoms with E-state index in [-0.39, 0.29) is 36.2 Å². The summed E-state index contributed by atoms with van der Waals surface area (Å²) >= 11 is 0. The van der Waals surface area contributed by atoms with E-state index in [4.69, 9.17) is 5.73 Å². The molecule has 1 aromatic rings. The second-order valence-electron chi connectivity index (χ2n) is 13.2. The second kappa shape index (κ2) is 14.2. The fourth-order valence-electron chi connectivity index (χ4n) is 4.92. The average Bonchev–Trinajstić information content (AvgIpc) is 2.73. The van der Waals surface area contributed by atoms with Gasteiger partial charge in [-0.1, -0.05) is 79.7 Å². The number of amides is 2. The monoisotopic (exact) mass is 503 g/mol. The van der Waals surface area contributed by atoms with Crippen LogP contribution in [0.2, 0.25) is 0 Å². The maximum atomic E-state index is 11.2. The van der Waals surface area contributed by atoms with Gasteiger partial charge in [0.1, 0.15) is 0 Å². The largest absolute Gasteiger partial charge is 0.368 e. The van der Waals surface area contributed by atoms with E-state index in [1.165, 1.54) is 17.5 Å². The van der Waals surface area contributed by atoms with E-state index in [1.807, 2.05) is 0 Å². The molecular formula is C31H57N3O2. The highest BCUT2D eigenvalue weighted by molar-refractivity contribution is 5.80. The maximum absolute atomic E-state index is 11.2. The van der Waals surface area contributed by atoms with Gasteiger partial charge in [-0.3, -0.25) is 14.5 Å². The number of rotatable bonds is 1. The quantitative estimate of drug-likeness (QED) is 0.453. The van der Waals surface area contributed by atoms with Crippen molar-refractivity contribution in [2.75, 3.05) is 13.1 Å². The molecule has 1 aromatic carbocycles. The summed E-state index contributed by atoms with van der Waals surface area (Å²) in [4.78, 5) is 24.2. The van der Waals surface area contributed by atoms with Gasteiger partial charge in [0.25, 0.3) is 0 Å². The highest BCUT2D eigenvalue weighted by atomic mass is 16.2. The first kappa shape index (κ1) is 34.1. The zero-order valence-corrected chi connectivity index (χ0v) is 24.3. The van der Waals surface area contributed by atoms with Crippen LogP contribution in [0.4, 0.5) is 0 Å². The fourth-order valence-corrected chi connectivity index (χ4v) is 4.92. The van der Waals surface area contributed by atoms with Crippen LogP contribution in [0.3, 0.4) is 0 Å². The summed E-state index contributed by atoms with van der Waals surface area (Å²) in [5.74, 6) is 0.695. The molecule has 208 valence electrons. The number of aryl methyl sites for hydroxylation is 1. The number of likely N-dealkylation sites (tertiary alicyclic amines) is 1. The van der Waals surface area contributed by atoms with Gasteiger partial charge in [-0.15, -0.1) is 0 Å². The summed E-state index contributed by atoms with van der Waals surface area (Å²) in [6.07, 6.45) is 4.99. The number of primary amides is 1. The minimum absolute atomic E-state index is 0. The van der Waals surface area contributed by atoms with Crippen molar-refractivity contribution in [2.45, 2.75) is 126 Å². The Morgan fingerprint density at radius 3 is 1.92 bits per heavy atom. The molecule has 3 rings (SSSR count). The number of hydrogen-bond acceptors (Lipinski definition) is 3. The number of nitrogens with zero attached hydrogens (tertiary/aromatic N) is 1. The predicted molar refractivity (Wildman–Crippen MR) is 155 cm³/mol. The number of nitrogens with two attached hydrogens (primary N) is 1. The Bertz CT molecular complexity index is 802. The molecule has 0 spiro atoms. The first-order valence-electron chi connectivity index (χ1n) is 13.3. The second-order valence-corrected chi connectivity index (χ2v) is 13.2. The smallest absolute Gasteiger partial charge is 0.234 e. The van der Waals surface area contributed by atoms with Crippen molar-refractivity contribution in [2.24, 2.45) is 17.1 Å². The Morgan fingerprint density at radius 1 is 0.972 bits per heavy atom. The van der Waals surface area contributed by atoms with Crippen LogP contribution in [0.15, 0.2) is 24.3 Å². The Balaban J connectivity index is 0.000000506. The minimum Gasteiger partial charge on any atom is -0.368 e. The lowest BCUT2D eigenvalue weighted by Gasteiger charge is -2.43. The molecule has 36 heavy (non-hydrogen) atoms. The normalized spacial score (nSPS) is 21.0. The molecule has 2 heterocycles. The lowest BCUT2D eigenvalue weighted by Crippen LogP contribution is -2.55. The number of piperidine rings is 2. The summed E-state index contributed by atoms with van der Waals surface area (Å²) in [5.41, 5.74) is 8.89. The molecule has 2 fully saturated rings. The van der Waals surface area contributed by atoms with Gasteiger partial charge < -0.3 is 11.1 Å².